The van der Waals surface area contributed by atoms with E-state index in [-0.39, 0.29) is 42.6 Å². The number of pyridine rings is 1. The summed E-state index contributed by atoms with van der Waals surface area (Å²) in [6.07, 6.45) is 3.85. The lowest BCUT2D eigenvalue weighted by Crippen LogP contribution is -2.61. The van der Waals surface area contributed by atoms with Gasteiger partial charge >= 0.3 is 0 Å². The molecule has 17 nitrogen and oxygen atoms in total. The van der Waals surface area contributed by atoms with Gasteiger partial charge in [0, 0.05) is 94.7 Å². The van der Waals surface area contributed by atoms with E-state index >= 15 is 0 Å². The first-order valence-corrected chi connectivity index (χ1v) is 24.1. The first-order chi connectivity index (χ1) is 32.6. The van der Waals surface area contributed by atoms with Crippen LogP contribution in [-0.2, 0) is 37.3 Å². The minimum atomic E-state index is -0.961. The molecule has 0 saturated carbocycles. The van der Waals surface area contributed by atoms with Crippen molar-refractivity contribution in [2.45, 2.75) is 57.5 Å². The van der Waals surface area contributed by atoms with Crippen LogP contribution in [-0.4, -0.2) is 182 Å². The Morgan fingerprint density at radius 2 is 1.61 bits per heavy atom. The second-order valence-electron chi connectivity index (χ2n) is 17.4. The van der Waals surface area contributed by atoms with Gasteiger partial charge in [-0.3, -0.25) is 24.4 Å². The number of rotatable bonds is 22. The monoisotopic (exact) mass is 952 g/mol. The minimum absolute atomic E-state index is 0.00382. The highest BCUT2D eigenvalue weighted by atomic mass is 32.1. The third-order valence-corrected chi connectivity index (χ3v) is 13.5. The van der Waals surface area contributed by atoms with E-state index in [1.807, 2.05) is 35.4 Å². The lowest BCUT2D eigenvalue weighted by molar-refractivity contribution is -0.138. The number of carbonyl (C=O) groups excluding carboxylic acids is 2. The van der Waals surface area contributed by atoms with Crippen LogP contribution < -0.4 is 14.8 Å². The number of amides is 2. The number of piperazine rings is 2. The smallest absolute Gasteiger partial charge is 0.270 e. The van der Waals surface area contributed by atoms with E-state index < -0.39 is 11.6 Å². The third-order valence-electron chi connectivity index (χ3n) is 12.6. The van der Waals surface area contributed by atoms with Gasteiger partial charge in [-0.2, -0.15) is 0 Å². The second-order valence-corrected chi connectivity index (χ2v) is 18.3. The van der Waals surface area contributed by atoms with Gasteiger partial charge in [0.2, 0.25) is 5.91 Å². The maximum absolute atomic E-state index is 13.9. The summed E-state index contributed by atoms with van der Waals surface area (Å²) in [7, 11) is 1.66. The number of fused-ring (bicyclic) bond motifs is 2. The van der Waals surface area contributed by atoms with Crippen molar-refractivity contribution < 1.29 is 51.3 Å². The normalized spacial score (nSPS) is 20.0. The average molecular weight is 953 g/mol. The summed E-state index contributed by atoms with van der Waals surface area (Å²) in [5.74, 6) is -0.0320. The Morgan fingerprint density at radius 1 is 0.881 bits per heavy atom. The zero-order valence-corrected chi connectivity index (χ0v) is 39.4. The number of thiophene rings is 1. The Hall–Kier alpha value is -4.80. The molecule has 2 amide bonds. The maximum Gasteiger partial charge on any atom is 0.270 e. The second kappa shape index (κ2) is 23.5. The largest absolute Gasteiger partial charge is 0.489 e. The Balaban J connectivity index is 0.631. The van der Waals surface area contributed by atoms with Crippen LogP contribution in [0, 0.1) is 11.6 Å². The van der Waals surface area contributed by atoms with Gasteiger partial charge < -0.3 is 52.6 Å². The van der Waals surface area contributed by atoms with Gasteiger partial charge in [0.25, 0.3) is 11.8 Å². The molecule has 7 heterocycles. The molecule has 3 aliphatic heterocycles. The molecule has 0 unspecified atom stereocenters. The summed E-state index contributed by atoms with van der Waals surface area (Å²) in [5.41, 5.74) is 1.76. The van der Waals surface area contributed by atoms with Gasteiger partial charge in [0.05, 0.1) is 81.7 Å². The average Bonchev–Trinajstić information content (AvgIpc) is 4.07. The molecule has 1 aromatic carbocycles. The number of piperidine rings is 1. The van der Waals surface area contributed by atoms with Crippen molar-refractivity contribution in [3.63, 3.8) is 0 Å². The maximum atomic E-state index is 13.9. The predicted octanol–water partition coefficient (Wildman–Crippen LogP) is 4.58. The molecule has 0 radical (unpaired) electrons. The zero-order chi connectivity index (χ0) is 46.7. The summed E-state index contributed by atoms with van der Waals surface area (Å²) >= 11 is 1.66. The molecular formula is C47H62F2N8O9S. The molecule has 0 spiro atoms. The van der Waals surface area contributed by atoms with Crippen LogP contribution in [0.4, 0.5) is 8.78 Å². The zero-order valence-electron chi connectivity index (χ0n) is 38.5. The number of ether oxygens (including phenoxy) is 6. The van der Waals surface area contributed by atoms with Crippen molar-refractivity contribution in [3.8, 4) is 11.6 Å². The van der Waals surface area contributed by atoms with Gasteiger partial charge in [0.1, 0.15) is 24.2 Å². The number of halogens is 2. The van der Waals surface area contributed by atoms with Gasteiger partial charge in [0.15, 0.2) is 17.4 Å². The van der Waals surface area contributed by atoms with E-state index in [1.54, 1.807) is 40.1 Å². The van der Waals surface area contributed by atoms with Gasteiger partial charge in [-0.1, -0.05) is 0 Å². The van der Waals surface area contributed by atoms with E-state index in [4.69, 9.17) is 32.9 Å². The topological polar surface area (TPSA) is 158 Å². The molecule has 0 bridgehead atoms. The summed E-state index contributed by atoms with van der Waals surface area (Å²) in [6, 6.07) is 9.62. The molecule has 3 aliphatic rings. The summed E-state index contributed by atoms with van der Waals surface area (Å²) < 4.78 is 71.0. The fraction of sp³-hybridized carbons (Fsp3) is 0.574. The van der Waals surface area contributed by atoms with Crippen LogP contribution in [0.15, 0.2) is 52.5 Å². The number of aromatic nitrogens is 3. The lowest BCUT2D eigenvalue weighted by Gasteiger charge is -2.43. The van der Waals surface area contributed by atoms with E-state index in [1.165, 1.54) is 0 Å². The van der Waals surface area contributed by atoms with Crippen molar-refractivity contribution in [3.05, 3.63) is 71.1 Å². The fourth-order valence-corrected chi connectivity index (χ4v) is 9.72. The number of carbonyl (C=O) groups is 2. The summed E-state index contributed by atoms with van der Waals surface area (Å²) in [5, 5.41) is 10.0. The SMILES string of the molecule is C[C@@H]1CN(CC(=O)N2CCN(C(=O)c3cc4cc(F)c(F)cc4n3C)C[C@H]2C)[C@@H](COCCOCCOCCOCCOc2cc(CN3CCC(Oc4ccnc5ccsc45)CC3)on2)CN1. The summed E-state index contributed by atoms with van der Waals surface area (Å²) in [4.78, 5) is 39.6. The highest BCUT2D eigenvalue weighted by Gasteiger charge is 2.34. The molecule has 364 valence electrons. The number of nitrogens with one attached hydrogen (secondary N) is 1. The Kier molecular flexibility index (Phi) is 17.0. The van der Waals surface area contributed by atoms with Crippen molar-refractivity contribution in [1.82, 2.24) is 39.6 Å². The van der Waals surface area contributed by atoms with E-state index in [9.17, 15) is 18.4 Å². The number of nitrogens with zero attached hydrogens (tertiary/aromatic N) is 7. The highest BCUT2D eigenvalue weighted by molar-refractivity contribution is 7.17. The Labute approximate surface area is 393 Å². The van der Waals surface area contributed by atoms with Crippen molar-refractivity contribution in [2.24, 2.45) is 7.05 Å². The molecule has 67 heavy (non-hydrogen) atoms. The molecule has 1 N–H and O–H groups in total. The number of likely N-dealkylation sites (tertiary alicyclic amines) is 1. The third kappa shape index (κ3) is 12.8. The molecule has 5 aromatic rings. The number of aryl methyl sites for hydroxylation is 1. The molecule has 8 rings (SSSR count). The van der Waals surface area contributed by atoms with Gasteiger partial charge in [-0.15, -0.1) is 11.3 Å². The van der Waals surface area contributed by atoms with Crippen LogP contribution in [0.1, 0.15) is 42.9 Å². The van der Waals surface area contributed by atoms with Crippen LogP contribution in [0.25, 0.3) is 21.1 Å². The minimum Gasteiger partial charge on any atom is -0.489 e. The summed E-state index contributed by atoms with van der Waals surface area (Å²) in [6.45, 7) is 13.0. The molecule has 4 aromatic heterocycles. The van der Waals surface area contributed by atoms with Crippen LogP contribution >= 0.6 is 11.3 Å². The van der Waals surface area contributed by atoms with E-state index in [2.05, 4.69) is 32.2 Å². The van der Waals surface area contributed by atoms with Gasteiger partial charge in [-0.05, 0) is 61.5 Å². The van der Waals surface area contributed by atoms with Crippen molar-refractivity contribution in [1.29, 1.82) is 0 Å². The molecular weight excluding hydrogens is 891 g/mol. The fourth-order valence-electron chi connectivity index (χ4n) is 8.91. The van der Waals surface area contributed by atoms with Crippen LogP contribution in [0.2, 0.25) is 0 Å². The van der Waals surface area contributed by atoms with Crippen LogP contribution in [0.3, 0.4) is 0 Å². The number of hydrogen-bond acceptors (Lipinski definition) is 15. The quantitative estimate of drug-likeness (QED) is 0.0962. The van der Waals surface area contributed by atoms with Gasteiger partial charge in [-0.25, -0.2) is 8.78 Å². The lowest BCUT2D eigenvalue weighted by atomic mass is 10.1. The number of benzene rings is 1. The van der Waals surface area contributed by atoms with E-state index in [0.29, 0.717) is 121 Å². The van der Waals surface area contributed by atoms with Crippen molar-refractivity contribution >= 4 is 44.3 Å². The molecule has 3 fully saturated rings. The first-order valence-electron chi connectivity index (χ1n) is 23.2. The Bertz CT molecular complexity index is 2390. The van der Waals surface area contributed by atoms with Crippen LogP contribution in [0.5, 0.6) is 11.6 Å². The first kappa shape index (κ1) is 48.6. The van der Waals surface area contributed by atoms with E-state index in [0.717, 1.165) is 59.8 Å². The molecule has 3 saturated heterocycles. The van der Waals surface area contributed by atoms with Crippen molar-refractivity contribution in [2.75, 3.05) is 112 Å². The predicted molar refractivity (Wildman–Crippen MR) is 247 cm³/mol. The molecule has 0 aliphatic carbocycles. The highest BCUT2D eigenvalue weighted by Crippen LogP contribution is 2.31. The molecule has 20 heteroatoms. The Morgan fingerprint density at radius 3 is 2.37 bits per heavy atom. The number of hydrogen-bond donors (Lipinski definition) is 1. The molecule has 3 atom stereocenters. The standard InChI is InChI=1S/C47H62F2N8O9S/c1-32-27-56(30-45(58)57-12-11-55(28-33(57)2)47(59)42-23-34-22-38(48)39(49)25-41(34)53(42)3)35(26-51-32)31-63-18-17-61-14-13-60-15-16-62-19-20-64-44-24-37(66-52-44)29-54-9-5-36(6-10-54)65-43-4-8-50-40-7-21-67-46(40)43/h4,7-8,21-25,32-33,35-36,51H,5-6,9-20,26-31H2,1-3H3/t32-,33-,35-/m1/s1.